The number of alkyl halides is 2. The molecule has 0 saturated heterocycles. The number of rotatable bonds is 8. The molecule has 0 atom stereocenters. The molecule has 0 aliphatic heterocycles. The smallest absolute Gasteiger partial charge is 0.344 e. The fourth-order valence-electron chi connectivity index (χ4n) is 2.43. The Hall–Kier alpha value is -2.64. The molecule has 0 amide bonds. The largest absolute Gasteiger partial charge is 0.493 e. The Morgan fingerprint density at radius 1 is 0.750 bits per heavy atom. The summed E-state index contributed by atoms with van der Waals surface area (Å²) in [5.41, 5.74) is 0.517. The molecule has 2 aromatic carbocycles. The highest BCUT2D eigenvalue weighted by molar-refractivity contribution is 6.53. The molecule has 0 fully saturated rings. The van der Waals surface area contributed by atoms with E-state index in [4.69, 9.17) is 46.9 Å². The average Bonchev–Trinajstić information content (AvgIpc) is 2.71. The van der Waals surface area contributed by atoms with Crippen molar-refractivity contribution in [2.45, 2.75) is 4.84 Å². The van der Waals surface area contributed by atoms with Gasteiger partial charge < -0.3 is 23.7 Å². The van der Waals surface area contributed by atoms with Crippen molar-refractivity contribution in [2.24, 2.45) is 0 Å². The Balaban J connectivity index is 2.48. The summed E-state index contributed by atoms with van der Waals surface area (Å²) in [6, 6.07) is 7.42. The number of carbonyl (C=O) groups excluding carboxylic acids is 2. The molecule has 0 aliphatic carbocycles. The molecule has 150 valence electrons. The van der Waals surface area contributed by atoms with E-state index in [0.717, 1.165) is 0 Å². The van der Waals surface area contributed by atoms with Crippen molar-refractivity contribution in [3.8, 4) is 28.7 Å². The Labute approximate surface area is 172 Å². The first-order chi connectivity index (χ1) is 13.4. The summed E-state index contributed by atoms with van der Waals surface area (Å²) in [6.45, 7) is 0. The molecule has 0 spiro atoms. The maximum Gasteiger partial charge on any atom is 0.344 e. The summed E-state index contributed by atoms with van der Waals surface area (Å²) < 4.78 is 26.0. The minimum Gasteiger partial charge on any atom is -0.493 e. The average molecular weight is 429 g/mol. The van der Waals surface area contributed by atoms with Crippen LogP contribution in [-0.4, -0.2) is 45.0 Å². The molecule has 0 unspecified atom stereocenters. The molecule has 0 heterocycles. The van der Waals surface area contributed by atoms with Crippen LogP contribution < -0.4 is 23.7 Å². The first-order valence-electron chi connectivity index (χ1n) is 7.88. The highest BCUT2D eigenvalue weighted by atomic mass is 35.5. The van der Waals surface area contributed by atoms with Gasteiger partial charge in [0, 0.05) is 11.1 Å². The van der Waals surface area contributed by atoms with E-state index < -0.39 is 10.8 Å². The molecule has 0 radical (unpaired) electrons. The fraction of sp³-hybridized carbons (Fsp3) is 0.263. The van der Waals surface area contributed by atoms with Gasteiger partial charge in [0.15, 0.2) is 28.8 Å². The van der Waals surface area contributed by atoms with E-state index in [1.807, 2.05) is 0 Å². The zero-order valence-electron chi connectivity index (χ0n) is 15.6. The van der Waals surface area contributed by atoms with Gasteiger partial charge >= 0.3 is 5.97 Å². The lowest BCUT2D eigenvalue weighted by molar-refractivity contribution is -0.132. The van der Waals surface area contributed by atoms with E-state index in [1.54, 1.807) is 0 Å². The summed E-state index contributed by atoms with van der Waals surface area (Å²) in [7, 11) is 5.76. The third kappa shape index (κ3) is 4.61. The molecule has 2 rings (SSSR count). The third-order valence-electron chi connectivity index (χ3n) is 3.74. The van der Waals surface area contributed by atoms with Crippen LogP contribution in [0.5, 0.6) is 28.7 Å². The third-order valence-corrected chi connectivity index (χ3v) is 4.10. The van der Waals surface area contributed by atoms with Crippen molar-refractivity contribution in [3.63, 3.8) is 0 Å². The van der Waals surface area contributed by atoms with Gasteiger partial charge in [-0.2, -0.15) is 0 Å². The SMILES string of the molecule is COc1ccc(C(=O)c2cc(OC)c(OC)c(OC)c2)cc1OC(=O)C(Cl)Cl. The molecule has 0 aliphatic rings. The van der Waals surface area contributed by atoms with Crippen LogP contribution in [0.3, 0.4) is 0 Å². The first kappa shape index (κ1) is 21.7. The number of benzene rings is 2. The minimum atomic E-state index is -1.38. The predicted octanol–water partition coefficient (Wildman–Crippen LogP) is 3.66. The summed E-state index contributed by atoms with van der Waals surface area (Å²) in [4.78, 5) is 23.3. The lowest BCUT2D eigenvalue weighted by atomic mass is 10.0. The molecule has 2 aromatic rings. The summed E-state index contributed by atoms with van der Waals surface area (Å²) in [5.74, 6) is 0.0172. The molecule has 0 bridgehead atoms. The summed E-state index contributed by atoms with van der Waals surface area (Å²) >= 11 is 11.0. The zero-order valence-corrected chi connectivity index (χ0v) is 17.1. The highest BCUT2D eigenvalue weighted by Crippen LogP contribution is 2.39. The second-order valence-electron chi connectivity index (χ2n) is 5.33. The van der Waals surface area contributed by atoms with Gasteiger partial charge in [0.25, 0.3) is 0 Å². The van der Waals surface area contributed by atoms with Gasteiger partial charge in [0.1, 0.15) is 0 Å². The topological polar surface area (TPSA) is 80.3 Å². The zero-order chi connectivity index (χ0) is 20.8. The fourth-order valence-corrected chi connectivity index (χ4v) is 2.52. The van der Waals surface area contributed by atoms with Crippen LogP contribution in [0.15, 0.2) is 30.3 Å². The Kier molecular flexibility index (Phi) is 7.37. The van der Waals surface area contributed by atoms with E-state index in [9.17, 15) is 9.59 Å². The van der Waals surface area contributed by atoms with Crippen LogP contribution in [-0.2, 0) is 4.79 Å². The maximum absolute atomic E-state index is 13.0. The van der Waals surface area contributed by atoms with Gasteiger partial charge in [0.05, 0.1) is 28.4 Å². The van der Waals surface area contributed by atoms with Crippen LogP contribution in [0.2, 0.25) is 0 Å². The summed E-state index contributed by atoms with van der Waals surface area (Å²) in [6.07, 6.45) is 0. The summed E-state index contributed by atoms with van der Waals surface area (Å²) in [5, 5.41) is 0. The van der Waals surface area contributed by atoms with Gasteiger partial charge in [-0.1, -0.05) is 23.2 Å². The van der Waals surface area contributed by atoms with E-state index in [1.165, 1.54) is 58.8 Å². The number of ketones is 1. The van der Waals surface area contributed by atoms with Gasteiger partial charge in [0.2, 0.25) is 10.6 Å². The molecule has 28 heavy (non-hydrogen) atoms. The highest BCUT2D eigenvalue weighted by Gasteiger charge is 2.21. The predicted molar refractivity (Wildman–Crippen MR) is 104 cm³/mol. The lowest BCUT2D eigenvalue weighted by Gasteiger charge is -2.14. The number of halogens is 2. The molecule has 0 saturated carbocycles. The van der Waals surface area contributed by atoms with Gasteiger partial charge in [-0.05, 0) is 30.3 Å². The van der Waals surface area contributed by atoms with Crippen molar-refractivity contribution in [2.75, 3.05) is 28.4 Å². The number of carbonyl (C=O) groups is 2. The number of ether oxygens (including phenoxy) is 5. The second-order valence-corrected chi connectivity index (χ2v) is 6.43. The van der Waals surface area contributed by atoms with E-state index >= 15 is 0 Å². The van der Waals surface area contributed by atoms with E-state index in [-0.39, 0.29) is 28.4 Å². The first-order valence-corrected chi connectivity index (χ1v) is 8.76. The number of hydrogen-bond acceptors (Lipinski definition) is 7. The van der Waals surface area contributed by atoms with Crippen LogP contribution in [0.25, 0.3) is 0 Å². The van der Waals surface area contributed by atoms with Gasteiger partial charge in [-0.15, -0.1) is 0 Å². The minimum absolute atomic E-state index is 0.0112. The number of esters is 1. The van der Waals surface area contributed by atoms with Crippen LogP contribution in [0, 0.1) is 0 Å². The van der Waals surface area contributed by atoms with E-state index in [2.05, 4.69) is 0 Å². The molecule has 0 N–H and O–H groups in total. The maximum atomic E-state index is 13.0. The van der Waals surface area contributed by atoms with Crippen LogP contribution >= 0.6 is 23.2 Å². The Morgan fingerprint density at radius 2 is 1.29 bits per heavy atom. The molecule has 7 nitrogen and oxygen atoms in total. The Bertz CT molecular complexity index is 856. The van der Waals surface area contributed by atoms with Gasteiger partial charge in [-0.3, -0.25) is 4.79 Å². The monoisotopic (exact) mass is 428 g/mol. The second kappa shape index (κ2) is 9.52. The van der Waals surface area contributed by atoms with Gasteiger partial charge in [-0.25, -0.2) is 4.79 Å². The number of methoxy groups -OCH3 is 4. The van der Waals surface area contributed by atoms with E-state index in [0.29, 0.717) is 17.2 Å². The normalized spacial score (nSPS) is 10.4. The number of hydrogen-bond donors (Lipinski definition) is 0. The van der Waals surface area contributed by atoms with Crippen molar-refractivity contribution in [1.82, 2.24) is 0 Å². The van der Waals surface area contributed by atoms with Crippen molar-refractivity contribution in [1.29, 1.82) is 0 Å². The Morgan fingerprint density at radius 3 is 1.75 bits per heavy atom. The van der Waals surface area contributed by atoms with Crippen LogP contribution in [0.1, 0.15) is 15.9 Å². The lowest BCUT2D eigenvalue weighted by Crippen LogP contribution is -2.16. The molecule has 0 aromatic heterocycles. The molecule has 9 heteroatoms. The van der Waals surface area contributed by atoms with Crippen molar-refractivity contribution in [3.05, 3.63) is 41.5 Å². The van der Waals surface area contributed by atoms with Crippen molar-refractivity contribution >= 4 is 35.0 Å². The van der Waals surface area contributed by atoms with Crippen molar-refractivity contribution < 1.29 is 33.3 Å². The van der Waals surface area contributed by atoms with Crippen LogP contribution in [0.4, 0.5) is 0 Å². The quantitative estimate of drug-likeness (QED) is 0.274. The molecular formula is C19H18Cl2O7. The molecular weight excluding hydrogens is 411 g/mol. The standard InChI is InChI=1S/C19H18Cl2O7/c1-24-12-6-5-10(7-13(12)28-19(23)18(20)21)16(22)11-8-14(25-2)17(27-4)15(9-11)26-3/h5-9,18H,1-4H3.